The van der Waals surface area contributed by atoms with Gasteiger partial charge in [-0.25, -0.2) is 0 Å². The van der Waals surface area contributed by atoms with E-state index >= 15 is 0 Å². The lowest BCUT2D eigenvalue weighted by atomic mass is 9.95. The molecule has 1 unspecified atom stereocenters. The Kier molecular flexibility index (Phi) is 4.43. The maximum Gasteiger partial charge on any atom is 0.311 e. The van der Waals surface area contributed by atoms with Crippen LogP contribution in [0.4, 0.5) is 0 Å². The van der Waals surface area contributed by atoms with Crippen molar-refractivity contribution < 1.29 is 8.42 Å². The molecule has 4 nitrogen and oxygen atoms in total. The molecule has 19 heavy (non-hydrogen) atoms. The third kappa shape index (κ3) is 3.49. The first-order valence-corrected chi connectivity index (χ1v) is 6.87. The van der Waals surface area contributed by atoms with E-state index in [-0.39, 0.29) is 0 Å². The molecule has 5 heteroatoms. The molecule has 0 radical (unpaired) electrons. The maximum atomic E-state index is 10.9. The molecule has 0 heterocycles. The number of nitrogens with two attached hydrogens (primary N) is 1. The molecule has 2 aromatic rings. The van der Waals surface area contributed by atoms with E-state index in [0.29, 0.717) is 0 Å². The van der Waals surface area contributed by atoms with Crippen molar-refractivity contribution in [1.29, 1.82) is 0 Å². The van der Waals surface area contributed by atoms with Crippen LogP contribution in [0.3, 0.4) is 0 Å². The molecule has 0 saturated heterocycles. The van der Waals surface area contributed by atoms with Gasteiger partial charge in [-0.15, -0.1) is 0 Å². The van der Waals surface area contributed by atoms with E-state index in [0.717, 1.165) is 11.1 Å². The molecule has 0 aliphatic rings. The lowest BCUT2D eigenvalue weighted by Crippen LogP contribution is -2.18. The van der Waals surface area contributed by atoms with Crippen LogP contribution in [-0.4, -0.2) is 8.42 Å². The first-order valence-electron chi connectivity index (χ1n) is 5.84. The van der Waals surface area contributed by atoms with Crippen molar-refractivity contribution in [2.75, 3.05) is 0 Å². The Hall–Kier alpha value is -1.98. The van der Waals surface area contributed by atoms with Crippen molar-refractivity contribution in [1.82, 2.24) is 0 Å². The first kappa shape index (κ1) is 13.5. The summed E-state index contributed by atoms with van der Waals surface area (Å²) in [6, 6.07) is 17.4. The van der Waals surface area contributed by atoms with Crippen molar-refractivity contribution in [3.05, 3.63) is 71.8 Å². The van der Waals surface area contributed by atoms with Crippen molar-refractivity contribution in [3.8, 4) is 0 Å². The topological polar surface area (TPSA) is 72.5 Å². The molecule has 0 bridgehead atoms. The van der Waals surface area contributed by atoms with Gasteiger partial charge in [-0.3, -0.25) is 0 Å². The normalized spacial score (nSPS) is 13.5. The van der Waals surface area contributed by atoms with Gasteiger partial charge in [0.1, 0.15) is 6.04 Å². The minimum Gasteiger partial charge on any atom is -0.322 e. The van der Waals surface area contributed by atoms with Crippen molar-refractivity contribution >= 4 is 10.5 Å². The molecule has 0 aromatic heterocycles. The quantitative estimate of drug-likeness (QED) is 0.931. The lowest BCUT2D eigenvalue weighted by Gasteiger charge is -2.19. The molecule has 2 aromatic carbocycles. The summed E-state index contributed by atoms with van der Waals surface area (Å²) in [4.78, 5) is 0. The summed E-state index contributed by atoms with van der Waals surface area (Å²) >= 11 is 0. The Morgan fingerprint density at radius 2 is 1.32 bits per heavy atom. The summed E-state index contributed by atoms with van der Waals surface area (Å²) in [5.74, 6) is 0. The molecule has 2 rings (SSSR count). The van der Waals surface area contributed by atoms with Gasteiger partial charge < -0.3 is 5.73 Å². The Bertz CT molecular complexity index is 646. The molecule has 0 fully saturated rings. The van der Waals surface area contributed by atoms with Crippen LogP contribution >= 0.6 is 0 Å². The second kappa shape index (κ2) is 6.26. The molecule has 2 atom stereocenters. The summed E-state index contributed by atoms with van der Waals surface area (Å²) in [6.07, 6.45) is 0. The van der Waals surface area contributed by atoms with E-state index in [4.69, 9.17) is 5.73 Å². The average Bonchev–Trinajstić information content (AvgIpc) is 2.46. The predicted molar refractivity (Wildman–Crippen MR) is 73.9 cm³/mol. The molecule has 2 N–H and O–H groups in total. The molecule has 0 aliphatic carbocycles. The van der Waals surface area contributed by atoms with Gasteiger partial charge in [-0.05, 0) is 11.1 Å². The molecule has 0 saturated carbocycles. The fourth-order valence-corrected chi connectivity index (χ4v) is 2.37. The monoisotopic (exact) mass is 274 g/mol. The zero-order valence-electron chi connectivity index (χ0n) is 10.2. The number of hydrogen-bond acceptors (Lipinski definition) is 4. The summed E-state index contributed by atoms with van der Waals surface area (Å²) in [6.45, 7) is 0. The second-order valence-electron chi connectivity index (χ2n) is 4.11. The third-order valence-electron chi connectivity index (χ3n) is 2.87. The Morgan fingerprint density at radius 3 is 1.79 bits per heavy atom. The molecule has 98 valence electrons. The van der Waals surface area contributed by atoms with E-state index in [2.05, 4.69) is 4.36 Å². The highest BCUT2D eigenvalue weighted by atomic mass is 32.2. The SMILES string of the molecule is NC(c1ccccc1)[C@@H](N=S(=O)=O)c1ccccc1. The number of nitrogens with zero attached hydrogens (tertiary/aromatic N) is 1. The van der Waals surface area contributed by atoms with E-state index in [1.54, 1.807) is 0 Å². The van der Waals surface area contributed by atoms with Crippen LogP contribution in [0.2, 0.25) is 0 Å². The van der Waals surface area contributed by atoms with E-state index < -0.39 is 22.6 Å². The minimum atomic E-state index is -2.50. The average molecular weight is 274 g/mol. The number of rotatable bonds is 4. The Balaban J connectivity index is 2.42. The highest BCUT2D eigenvalue weighted by Gasteiger charge is 2.21. The van der Waals surface area contributed by atoms with Gasteiger partial charge in [-0.2, -0.15) is 12.8 Å². The van der Waals surface area contributed by atoms with Crippen LogP contribution < -0.4 is 5.73 Å². The van der Waals surface area contributed by atoms with E-state index in [1.807, 2.05) is 60.7 Å². The van der Waals surface area contributed by atoms with Crippen LogP contribution in [0.25, 0.3) is 0 Å². The third-order valence-corrected chi connectivity index (χ3v) is 3.26. The zero-order valence-corrected chi connectivity index (χ0v) is 11.0. The summed E-state index contributed by atoms with van der Waals surface area (Å²) in [7, 11) is -2.50. The summed E-state index contributed by atoms with van der Waals surface area (Å²) < 4.78 is 25.5. The lowest BCUT2D eigenvalue weighted by molar-refractivity contribution is 0.566. The first-order chi connectivity index (χ1) is 9.18. The Morgan fingerprint density at radius 1 is 0.842 bits per heavy atom. The largest absolute Gasteiger partial charge is 0.322 e. The number of benzene rings is 2. The van der Waals surface area contributed by atoms with Gasteiger partial charge in [0, 0.05) is 0 Å². The van der Waals surface area contributed by atoms with Crippen LogP contribution in [0.15, 0.2) is 65.0 Å². The number of hydrogen-bond donors (Lipinski definition) is 1. The second-order valence-corrected chi connectivity index (χ2v) is 4.76. The molecule has 0 amide bonds. The van der Waals surface area contributed by atoms with Gasteiger partial charge in [0.05, 0.1) is 6.04 Å². The van der Waals surface area contributed by atoms with E-state index in [1.165, 1.54) is 0 Å². The molecule has 0 aliphatic heterocycles. The van der Waals surface area contributed by atoms with Crippen LogP contribution in [0, 0.1) is 0 Å². The highest BCUT2D eigenvalue weighted by Crippen LogP contribution is 2.29. The minimum absolute atomic E-state index is 0.499. The zero-order chi connectivity index (χ0) is 13.7. The van der Waals surface area contributed by atoms with Crippen LogP contribution in [0.1, 0.15) is 23.2 Å². The van der Waals surface area contributed by atoms with Crippen LogP contribution in [0.5, 0.6) is 0 Å². The van der Waals surface area contributed by atoms with Gasteiger partial charge >= 0.3 is 10.5 Å². The van der Waals surface area contributed by atoms with Crippen molar-refractivity contribution in [2.24, 2.45) is 10.1 Å². The maximum absolute atomic E-state index is 10.9. The molecular weight excluding hydrogens is 260 g/mol. The molecule has 0 spiro atoms. The standard InChI is InChI=1S/C14H14N2O2S/c15-13(11-7-3-1-4-8-11)14(16-19(17)18)12-9-5-2-6-10-12/h1-10,13-14H,15H2/t13?,14-/m0/s1. The fourth-order valence-electron chi connectivity index (χ4n) is 1.93. The molecular formula is C14H14N2O2S. The predicted octanol–water partition coefficient (Wildman–Crippen LogP) is 2.49. The van der Waals surface area contributed by atoms with E-state index in [9.17, 15) is 8.42 Å². The van der Waals surface area contributed by atoms with Gasteiger partial charge in [0.15, 0.2) is 0 Å². The van der Waals surface area contributed by atoms with Gasteiger partial charge in [0.2, 0.25) is 0 Å². The fraction of sp³-hybridized carbons (Fsp3) is 0.143. The van der Waals surface area contributed by atoms with Gasteiger partial charge in [0.25, 0.3) is 0 Å². The summed E-state index contributed by atoms with van der Waals surface area (Å²) in [5, 5.41) is 0. The van der Waals surface area contributed by atoms with Crippen LogP contribution in [-0.2, 0) is 10.5 Å². The van der Waals surface area contributed by atoms with Crippen molar-refractivity contribution in [2.45, 2.75) is 12.1 Å². The highest BCUT2D eigenvalue weighted by molar-refractivity contribution is 7.61. The van der Waals surface area contributed by atoms with Crippen molar-refractivity contribution in [3.63, 3.8) is 0 Å². The Labute approximate surface area is 113 Å². The smallest absolute Gasteiger partial charge is 0.311 e. The van der Waals surface area contributed by atoms with Gasteiger partial charge in [-0.1, -0.05) is 60.7 Å². The summed E-state index contributed by atoms with van der Waals surface area (Å²) in [5.41, 5.74) is 7.79.